The number of nitrogens with one attached hydrogen (secondary N) is 1. The second-order valence-electron chi connectivity index (χ2n) is 3.93. The van der Waals surface area contributed by atoms with Crippen molar-refractivity contribution in [2.24, 2.45) is 0 Å². The van der Waals surface area contributed by atoms with E-state index in [0.717, 1.165) is 29.2 Å². The summed E-state index contributed by atoms with van der Waals surface area (Å²) in [5, 5.41) is 0. The molecule has 3 nitrogen and oxygen atoms in total. The van der Waals surface area contributed by atoms with Crippen LogP contribution in [0.15, 0.2) is 36.7 Å². The summed E-state index contributed by atoms with van der Waals surface area (Å²) in [6.45, 7) is 4.11. The normalized spacial score (nSPS) is 11.7. The smallest absolute Gasteiger partial charge is 0.138 e. The van der Waals surface area contributed by atoms with Crippen molar-refractivity contribution in [3.05, 3.63) is 48.1 Å². The predicted molar refractivity (Wildman–Crippen MR) is 75.9 cm³/mol. The standard InChI is InChI=1S/C15H17N3/c1-3-5-7-14-13(6-4-2)17-15(18-14)12-8-10-16-11-9-12/h4-11H,3H2,1-2H3,(H,17,18)/b6-4-,7-5-. The van der Waals surface area contributed by atoms with Gasteiger partial charge in [0.25, 0.3) is 0 Å². The molecule has 0 aliphatic heterocycles. The molecule has 2 heterocycles. The number of aromatic nitrogens is 3. The van der Waals surface area contributed by atoms with Crippen molar-refractivity contribution in [2.75, 3.05) is 0 Å². The lowest BCUT2D eigenvalue weighted by Crippen LogP contribution is -1.80. The van der Waals surface area contributed by atoms with Crippen LogP contribution >= 0.6 is 0 Å². The Morgan fingerprint density at radius 2 is 2.00 bits per heavy atom. The van der Waals surface area contributed by atoms with Crippen molar-refractivity contribution in [3.8, 4) is 11.4 Å². The van der Waals surface area contributed by atoms with Crippen LogP contribution in [0, 0.1) is 0 Å². The van der Waals surface area contributed by atoms with Crippen LogP contribution in [0.4, 0.5) is 0 Å². The molecule has 0 saturated carbocycles. The molecular weight excluding hydrogens is 222 g/mol. The number of H-pyrrole nitrogens is 1. The molecule has 0 fully saturated rings. The molecule has 0 aliphatic carbocycles. The van der Waals surface area contributed by atoms with Crippen molar-refractivity contribution in [2.45, 2.75) is 20.3 Å². The van der Waals surface area contributed by atoms with Crippen LogP contribution in [0.5, 0.6) is 0 Å². The summed E-state index contributed by atoms with van der Waals surface area (Å²) in [4.78, 5) is 12.0. The largest absolute Gasteiger partial charge is 0.338 e. The molecule has 1 N–H and O–H groups in total. The van der Waals surface area contributed by atoms with Gasteiger partial charge in [-0.1, -0.05) is 19.1 Å². The van der Waals surface area contributed by atoms with Gasteiger partial charge in [0.05, 0.1) is 11.4 Å². The number of nitrogens with zero attached hydrogens (tertiary/aromatic N) is 2. The summed E-state index contributed by atoms with van der Waals surface area (Å²) in [6, 6.07) is 3.90. The minimum absolute atomic E-state index is 0.876. The highest BCUT2D eigenvalue weighted by atomic mass is 14.9. The Labute approximate surface area is 107 Å². The third kappa shape index (κ3) is 2.74. The Bertz CT molecular complexity index is 550. The van der Waals surface area contributed by atoms with Gasteiger partial charge >= 0.3 is 0 Å². The van der Waals surface area contributed by atoms with Gasteiger partial charge in [-0.05, 0) is 37.6 Å². The van der Waals surface area contributed by atoms with Crippen LogP contribution in [-0.2, 0) is 0 Å². The van der Waals surface area contributed by atoms with Crippen molar-refractivity contribution in [1.82, 2.24) is 15.0 Å². The zero-order valence-electron chi connectivity index (χ0n) is 10.7. The highest BCUT2D eigenvalue weighted by molar-refractivity contribution is 5.65. The SMILES string of the molecule is C/C=C\c1[nH]c(-c2ccncc2)nc1/C=C\CC. The van der Waals surface area contributed by atoms with E-state index in [-0.39, 0.29) is 0 Å². The second kappa shape index (κ2) is 5.96. The summed E-state index contributed by atoms with van der Waals surface area (Å²) in [7, 11) is 0. The molecule has 18 heavy (non-hydrogen) atoms. The lowest BCUT2D eigenvalue weighted by Gasteiger charge is -1.93. The molecule has 92 valence electrons. The van der Waals surface area contributed by atoms with Gasteiger partial charge in [-0.2, -0.15) is 0 Å². The second-order valence-corrected chi connectivity index (χ2v) is 3.93. The van der Waals surface area contributed by atoms with Crippen molar-refractivity contribution < 1.29 is 0 Å². The van der Waals surface area contributed by atoms with Crippen LogP contribution in [0.3, 0.4) is 0 Å². The van der Waals surface area contributed by atoms with E-state index in [1.807, 2.05) is 31.2 Å². The molecule has 0 bridgehead atoms. The minimum Gasteiger partial charge on any atom is -0.338 e. The van der Waals surface area contributed by atoms with Gasteiger partial charge < -0.3 is 4.98 Å². The van der Waals surface area contributed by atoms with E-state index >= 15 is 0 Å². The first kappa shape index (κ1) is 12.3. The number of allylic oxidation sites excluding steroid dienone is 2. The maximum atomic E-state index is 4.62. The molecule has 0 atom stereocenters. The van der Waals surface area contributed by atoms with Crippen LogP contribution in [0.2, 0.25) is 0 Å². The number of rotatable bonds is 4. The fraction of sp³-hybridized carbons (Fsp3) is 0.200. The molecule has 0 spiro atoms. The van der Waals surface area contributed by atoms with E-state index in [1.165, 1.54) is 0 Å². The number of imidazole rings is 1. The van der Waals surface area contributed by atoms with E-state index < -0.39 is 0 Å². The van der Waals surface area contributed by atoms with Crippen molar-refractivity contribution >= 4 is 12.2 Å². The Kier molecular flexibility index (Phi) is 4.07. The molecule has 3 heteroatoms. The molecule has 2 aromatic heterocycles. The summed E-state index contributed by atoms with van der Waals surface area (Å²) in [5.41, 5.74) is 3.06. The van der Waals surface area contributed by atoms with Gasteiger partial charge in [-0.25, -0.2) is 4.98 Å². The molecule has 0 aliphatic rings. The number of pyridine rings is 1. The van der Waals surface area contributed by atoms with Gasteiger partial charge in [0.1, 0.15) is 5.82 Å². The van der Waals surface area contributed by atoms with Gasteiger partial charge in [0, 0.05) is 18.0 Å². The molecule has 0 amide bonds. The van der Waals surface area contributed by atoms with Gasteiger partial charge in [-0.3, -0.25) is 4.98 Å². The Hall–Kier alpha value is -2.16. The van der Waals surface area contributed by atoms with Crippen LogP contribution in [0.25, 0.3) is 23.5 Å². The van der Waals surface area contributed by atoms with Crippen LogP contribution in [0.1, 0.15) is 31.7 Å². The van der Waals surface area contributed by atoms with Crippen LogP contribution < -0.4 is 0 Å². The minimum atomic E-state index is 0.876. The fourth-order valence-corrected chi connectivity index (χ4v) is 1.70. The monoisotopic (exact) mass is 239 g/mol. The molecule has 0 unspecified atom stereocenters. The van der Waals surface area contributed by atoms with E-state index in [0.29, 0.717) is 0 Å². The van der Waals surface area contributed by atoms with Crippen molar-refractivity contribution in [1.29, 1.82) is 0 Å². The van der Waals surface area contributed by atoms with E-state index in [2.05, 4.69) is 34.0 Å². The number of hydrogen-bond donors (Lipinski definition) is 1. The third-order valence-electron chi connectivity index (χ3n) is 2.56. The maximum absolute atomic E-state index is 4.62. The number of aromatic amines is 1. The molecule has 2 aromatic rings. The zero-order chi connectivity index (χ0) is 12.8. The summed E-state index contributed by atoms with van der Waals surface area (Å²) in [6.07, 6.45) is 12.8. The number of hydrogen-bond acceptors (Lipinski definition) is 2. The Morgan fingerprint density at radius 1 is 1.22 bits per heavy atom. The van der Waals surface area contributed by atoms with Crippen molar-refractivity contribution in [3.63, 3.8) is 0 Å². The molecule has 0 radical (unpaired) electrons. The molecule has 0 aromatic carbocycles. The average molecular weight is 239 g/mol. The quantitative estimate of drug-likeness (QED) is 0.878. The first-order valence-electron chi connectivity index (χ1n) is 6.14. The first-order chi connectivity index (χ1) is 8.85. The Morgan fingerprint density at radius 3 is 2.67 bits per heavy atom. The summed E-state index contributed by atoms with van der Waals surface area (Å²) >= 11 is 0. The first-order valence-corrected chi connectivity index (χ1v) is 6.14. The molecule has 0 saturated heterocycles. The Balaban J connectivity index is 2.42. The van der Waals surface area contributed by atoms with Crippen LogP contribution in [-0.4, -0.2) is 15.0 Å². The zero-order valence-corrected chi connectivity index (χ0v) is 10.7. The maximum Gasteiger partial charge on any atom is 0.138 e. The summed E-state index contributed by atoms with van der Waals surface area (Å²) in [5.74, 6) is 0.876. The predicted octanol–water partition coefficient (Wildman–Crippen LogP) is 3.93. The highest BCUT2D eigenvalue weighted by Gasteiger charge is 2.06. The average Bonchev–Trinajstić information content (AvgIpc) is 2.81. The van der Waals surface area contributed by atoms with Gasteiger partial charge in [0.15, 0.2) is 0 Å². The van der Waals surface area contributed by atoms with Gasteiger partial charge in [-0.15, -0.1) is 0 Å². The third-order valence-corrected chi connectivity index (χ3v) is 2.56. The molecular formula is C15H17N3. The lowest BCUT2D eigenvalue weighted by atomic mass is 10.2. The lowest BCUT2D eigenvalue weighted by molar-refractivity contribution is 1.23. The fourth-order valence-electron chi connectivity index (χ4n) is 1.70. The van der Waals surface area contributed by atoms with E-state index in [9.17, 15) is 0 Å². The van der Waals surface area contributed by atoms with E-state index in [4.69, 9.17) is 0 Å². The summed E-state index contributed by atoms with van der Waals surface area (Å²) < 4.78 is 0. The topological polar surface area (TPSA) is 41.6 Å². The van der Waals surface area contributed by atoms with Gasteiger partial charge in [0.2, 0.25) is 0 Å². The van der Waals surface area contributed by atoms with E-state index in [1.54, 1.807) is 12.4 Å². The highest BCUT2D eigenvalue weighted by Crippen LogP contribution is 2.19. The molecule has 2 rings (SSSR count).